The number of nitrogens with zero attached hydrogens (tertiary/aromatic N) is 1. The Kier molecular flexibility index (Phi) is 6.08. The number of carbonyl (C=O) groups is 3. The molecule has 7 nitrogen and oxygen atoms in total. The van der Waals surface area contributed by atoms with Gasteiger partial charge in [-0.3, -0.25) is 4.79 Å². The van der Waals surface area contributed by atoms with Crippen LogP contribution >= 0.6 is 22.9 Å². The van der Waals surface area contributed by atoms with Crippen LogP contribution in [0.15, 0.2) is 18.3 Å². The largest absolute Gasteiger partial charge is 0.465 e. The number of nitrogens with one attached hydrogen (secondary N) is 1. The fourth-order valence-corrected chi connectivity index (χ4v) is 4.37. The Hall–Kier alpha value is -2.45. The molecule has 142 valence electrons. The Morgan fingerprint density at radius 1 is 1.26 bits per heavy atom. The van der Waals surface area contributed by atoms with E-state index in [-0.39, 0.29) is 10.7 Å². The van der Waals surface area contributed by atoms with Crippen molar-refractivity contribution in [1.82, 2.24) is 4.98 Å². The Morgan fingerprint density at radius 2 is 2.04 bits per heavy atom. The number of methoxy groups -OCH3 is 1. The van der Waals surface area contributed by atoms with Crippen LogP contribution in [0.4, 0.5) is 5.00 Å². The Morgan fingerprint density at radius 3 is 2.78 bits per heavy atom. The molecule has 1 aliphatic carbocycles. The molecule has 2 heterocycles. The SMILES string of the molecule is COC(=O)c1c(NC(=O)COC(=O)c2cccnc2Cl)sc2c1CCCC2. The summed E-state index contributed by atoms with van der Waals surface area (Å²) in [5.74, 6) is -1.78. The molecule has 2 aromatic rings. The van der Waals surface area contributed by atoms with Crippen LogP contribution in [-0.4, -0.2) is 36.5 Å². The van der Waals surface area contributed by atoms with E-state index in [4.69, 9.17) is 21.1 Å². The summed E-state index contributed by atoms with van der Waals surface area (Å²) in [5.41, 5.74) is 1.41. The highest BCUT2D eigenvalue weighted by Gasteiger charge is 2.27. The lowest BCUT2D eigenvalue weighted by molar-refractivity contribution is -0.119. The van der Waals surface area contributed by atoms with Gasteiger partial charge in [-0.15, -0.1) is 11.3 Å². The van der Waals surface area contributed by atoms with Crippen molar-refractivity contribution in [1.29, 1.82) is 0 Å². The molecule has 0 fully saturated rings. The van der Waals surface area contributed by atoms with Crippen LogP contribution in [0.5, 0.6) is 0 Å². The summed E-state index contributed by atoms with van der Waals surface area (Å²) in [6.07, 6.45) is 5.13. The number of hydrogen-bond donors (Lipinski definition) is 1. The number of rotatable bonds is 5. The minimum Gasteiger partial charge on any atom is -0.465 e. The number of carbonyl (C=O) groups excluding carboxylic acids is 3. The highest BCUT2D eigenvalue weighted by atomic mass is 35.5. The second-order valence-corrected chi connectivity index (χ2v) is 7.34. The number of fused-ring (bicyclic) bond motifs is 1. The van der Waals surface area contributed by atoms with Crippen LogP contribution in [0, 0.1) is 0 Å². The van der Waals surface area contributed by atoms with Gasteiger partial charge in [-0.05, 0) is 43.4 Å². The minimum atomic E-state index is -0.748. The van der Waals surface area contributed by atoms with Crippen LogP contribution in [-0.2, 0) is 27.1 Å². The van der Waals surface area contributed by atoms with Gasteiger partial charge in [0.15, 0.2) is 6.61 Å². The molecule has 0 aliphatic heterocycles. The van der Waals surface area contributed by atoms with Gasteiger partial charge >= 0.3 is 11.9 Å². The maximum absolute atomic E-state index is 12.2. The van der Waals surface area contributed by atoms with Crippen LogP contribution in [0.2, 0.25) is 5.15 Å². The summed E-state index contributed by atoms with van der Waals surface area (Å²) in [6, 6.07) is 3.00. The van der Waals surface area contributed by atoms with E-state index >= 15 is 0 Å². The maximum atomic E-state index is 12.2. The molecule has 3 rings (SSSR count). The summed E-state index contributed by atoms with van der Waals surface area (Å²) in [5, 5.41) is 3.08. The van der Waals surface area contributed by atoms with Crippen molar-refractivity contribution in [2.75, 3.05) is 19.0 Å². The molecule has 1 aliphatic rings. The zero-order chi connectivity index (χ0) is 19.4. The molecule has 0 saturated carbocycles. The number of anilines is 1. The predicted molar refractivity (Wildman–Crippen MR) is 100 cm³/mol. The summed E-state index contributed by atoms with van der Waals surface area (Å²) < 4.78 is 9.85. The number of ether oxygens (including phenoxy) is 2. The monoisotopic (exact) mass is 408 g/mol. The van der Waals surface area contributed by atoms with Gasteiger partial charge in [-0.2, -0.15) is 0 Å². The van der Waals surface area contributed by atoms with E-state index in [9.17, 15) is 14.4 Å². The molecule has 2 aromatic heterocycles. The van der Waals surface area contributed by atoms with Gasteiger partial charge in [-0.25, -0.2) is 14.6 Å². The number of pyridine rings is 1. The van der Waals surface area contributed by atoms with Crippen molar-refractivity contribution in [2.45, 2.75) is 25.7 Å². The topological polar surface area (TPSA) is 94.6 Å². The van der Waals surface area contributed by atoms with E-state index in [2.05, 4.69) is 10.3 Å². The first-order valence-electron chi connectivity index (χ1n) is 8.31. The van der Waals surface area contributed by atoms with E-state index in [1.54, 1.807) is 6.07 Å². The van der Waals surface area contributed by atoms with Gasteiger partial charge < -0.3 is 14.8 Å². The second-order valence-electron chi connectivity index (χ2n) is 5.87. The number of hydrogen-bond acceptors (Lipinski definition) is 7. The summed E-state index contributed by atoms with van der Waals surface area (Å²) >= 11 is 7.19. The lowest BCUT2D eigenvalue weighted by Crippen LogP contribution is -2.22. The lowest BCUT2D eigenvalue weighted by Gasteiger charge is -2.11. The molecule has 1 N–H and O–H groups in total. The first-order chi connectivity index (χ1) is 13.0. The molecule has 9 heteroatoms. The smallest absolute Gasteiger partial charge is 0.341 e. The van der Waals surface area contributed by atoms with E-state index in [0.717, 1.165) is 36.1 Å². The van der Waals surface area contributed by atoms with E-state index in [0.29, 0.717) is 10.6 Å². The molecule has 0 radical (unpaired) electrons. The fraction of sp³-hybridized carbons (Fsp3) is 0.333. The number of halogens is 1. The first-order valence-corrected chi connectivity index (χ1v) is 9.51. The normalized spacial score (nSPS) is 12.8. The van der Waals surface area contributed by atoms with Crippen molar-refractivity contribution in [2.24, 2.45) is 0 Å². The molecule has 27 heavy (non-hydrogen) atoms. The number of thiophene rings is 1. The van der Waals surface area contributed by atoms with E-state index in [1.165, 1.54) is 30.7 Å². The molecular formula is C18H17ClN2O5S. The van der Waals surface area contributed by atoms with Crippen molar-refractivity contribution in [3.63, 3.8) is 0 Å². The third kappa shape index (κ3) is 4.28. The zero-order valence-corrected chi connectivity index (χ0v) is 16.1. The highest BCUT2D eigenvalue weighted by Crippen LogP contribution is 2.38. The fourth-order valence-electron chi connectivity index (χ4n) is 2.88. The summed E-state index contributed by atoms with van der Waals surface area (Å²) in [7, 11) is 1.31. The molecular weight excluding hydrogens is 392 g/mol. The number of aromatic nitrogens is 1. The Labute approximate surface area is 164 Å². The molecule has 0 atom stereocenters. The van der Waals surface area contributed by atoms with Crippen LogP contribution < -0.4 is 5.32 Å². The average molecular weight is 409 g/mol. The van der Waals surface area contributed by atoms with Crippen LogP contribution in [0.25, 0.3) is 0 Å². The highest BCUT2D eigenvalue weighted by molar-refractivity contribution is 7.17. The lowest BCUT2D eigenvalue weighted by atomic mass is 9.95. The first kappa shape index (κ1) is 19.3. The van der Waals surface area contributed by atoms with Crippen LogP contribution in [0.1, 0.15) is 44.0 Å². The molecule has 1 amide bonds. The predicted octanol–water partition coefficient (Wildman–Crippen LogP) is 3.26. The van der Waals surface area contributed by atoms with Crippen molar-refractivity contribution in [3.8, 4) is 0 Å². The zero-order valence-electron chi connectivity index (χ0n) is 14.5. The molecule has 0 unspecified atom stereocenters. The quantitative estimate of drug-likeness (QED) is 0.602. The van der Waals surface area contributed by atoms with Gasteiger partial charge in [0.05, 0.1) is 18.2 Å². The number of amides is 1. The molecule has 0 spiro atoms. The minimum absolute atomic E-state index is 0.00168. The van der Waals surface area contributed by atoms with Crippen molar-refractivity contribution < 1.29 is 23.9 Å². The van der Waals surface area contributed by atoms with Gasteiger partial charge in [0.2, 0.25) is 0 Å². The standard InChI is InChI=1S/C18H17ClN2O5S/c1-25-18(24)14-10-5-2-3-7-12(10)27-16(14)21-13(22)9-26-17(23)11-6-4-8-20-15(11)19/h4,6,8H,2-3,5,7,9H2,1H3,(H,21,22). The van der Waals surface area contributed by atoms with Crippen LogP contribution in [0.3, 0.4) is 0 Å². The van der Waals surface area contributed by atoms with E-state index < -0.39 is 24.5 Å². The van der Waals surface area contributed by atoms with Gasteiger partial charge in [0, 0.05) is 11.1 Å². The summed E-state index contributed by atoms with van der Waals surface area (Å²) in [4.78, 5) is 41.3. The third-order valence-electron chi connectivity index (χ3n) is 4.13. The van der Waals surface area contributed by atoms with Crippen molar-refractivity contribution >= 4 is 45.8 Å². The van der Waals surface area contributed by atoms with Crippen molar-refractivity contribution in [3.05, 3.63) is 45.1 Å². The van der Waals surface area contributed by atoms with Gasteiger partial charge in [-0.1, -0.05) is 11.6 Å². The Balaban J connectivity index is 1.69. The van der Waals surface area contributed by atoms with E-state index in [1.807, 2.05) is 0 Å². The van der Waals surface area contributed by atoms with Gasteiger partial charge in [0.25, 0.3) is 5.91 Å². The second kappa shape index (κ2) is 8.49. The average Bonchev–Trinajstić information content (AvgIpc) is 3.03. The molecule has 0 aromatic carbocycles. The Bertz CT molecular complexity index is 896. The van der Waals surface area contributed by atoms with Gasteiger partial charge in [0.1, 0.15) is 10.2 Å². The molecule has 0 bridgehead atoms. The molecule has 0 saturated heterocycles. The third-order valence-corrected chi connectivity index (χ3v) is 5.64. The summed E-state index contributed by atoms with van der Waals surface area (Å²) in [6.45, 7) is -0.507. The maximum Gasteiger partial charge on any atom is 0.341 e. The number of esters is 2. The number of aryl methyl sites for hydroxylation is 1.